The van der Waals surface area contributed by atoms with Crippen molar-refractivity contribution in [2.75, 3.05) is 0 Å². The van der Waals surface area contributed by atoms with Crippen molar-refractivity contribution in [2.24, 2.45) is 0 Å². The molecular weight excluding hydrogens is 271 g/mol. The number of halogens is 2. The monoisotopic (exact) mass is 282 g/mol. The molecule has 0 aliphatic rings. The van der Waals surface area contributed by atoms with Gasteiger partial charge in [-0.1, -0.05) is 42.2 Å². The fourth-order valence-electron chi connectivity index (χ4n) is 1.56. The van der Waals surface area contributed by atoms with E-state index in [0.717, 1.165) is 17.5 Å². The predicted molar refractivity (Wildman–Crippen MR) is 81.0 cm³/mol. The van der Waals surface area contributed by atoms with Crippen molar-refractivity contribution in [2.45, 2.75) is 13.3 Å². The molecule has 0 N–H and O–H groups in total. The molecule has 0 aromatic heterocycles. The number of hydrogen-bond donors (Lipinski definition) is 0. The number of hydrogen-bond acceptors (Lipinski definition) is 0. The van der Waals surface area contributed by atoms with Gasteiger partial charge in [-0.05, 0) is 42.5 Å². The summed E-state index contributed by atoms with van der Waals surface area (Å²) in [6, 6.07) is 12.0. The Morgan fingerprint density at radius 2 is 1.60 bits per heavy atom. The van der Waals surface area contributed by atoms with Gasteiger partial charge in [0.15, 0.2) is 0 Å². The summed E-state index contributed by atoms with van der Waals surface area (Å²) >= 11 is 5.69. The Bertz CT molecular complexity index is 722. The van der Waals surface area contributed by atoms with Crippen LogP contribution in [0.4, 0.5) is 4.39 Å². The van der Waals surface area contributed by atoms with E-state index in [1.165, 1.54) is 6.07 Å². The van der Waals surface area contributed by atoms with Crippen LogP contribution in [0.15, 0.2) is 42.5 Å². The van der Waals surface area contributed by atoms with Crippen LogP contribution in [-0.4, -0.2) is 0 Å². The normalized spacial score (nSPS) is 9.15. The average Bonchev–Trinajstić information content (AvgIpc) is 2.45. The molecule has 0 aliphatic carbocycles. The molecule has 2 heteroatoms. The van der Waals surface area contributed by atoms with E-state index in [-0.39, 0.29) is 0 Å². The fourth-order valence-corrected chi connectivity index (χ4v) is 1.72. The molecule has 0 heterocycles. The van der Waals surface area contributed by atoms with E-state index in [9.17, 15) is 4.39 Å². The topological polar surface area (TPSA) is 0 Å². The van der Waals surface area contributed by atoms with E-state index < -0.39 is 5.82 Å². The van der Waals surface area contributed by atoms with Gasteiger partial charge in [0.1, 0.15) is 5.82 Å². The van der Waals surface area contributed by atoms with Crippen LogP contribution in [0.2, 0.25) is 5.02 Å². The van der Waals surface area contributed by atoms with E-state index in [2.05, 4.69) is 23.7 Å². The van der Waals surface area contributed by atoms with Gasteiger partial charge in [-0.25, -0.2) is 4.39 Å². The Kier molecular flexibility index (Phi) is 4.83. The Morgan fingerprint density at radius 1 is 0.950 bits per heavy atom. The Balaban J connectivity index is 2.20. The summed E-state index contributed by atoms with van der Waals surface area (Å²) in [5, 5.41) is 0.368. The van der Waals surface area contributed by atoms with E-state index >= 15 is 0 Å². The molecule has 0 saturated heterocycles. The zero-order chi connectivity index (χ0) is 14.4. The molecule has 2 aromatic carbocycles. The van der Waals surface area contributed by atoms with Crippen LogP contribution in [0, 0.1) is 29.5 Å². The maximum absolute atomic E-state index is 13.6. The van der Waals surface area contributed by atoms with Gasteiger partial charge in [0.25, 0.3) is 0 Å². The van der Waals surface area contributed by atoms with Crippen molar-refractivity contribution < 1.29 is 4.39 Å². The molecule has 0 fully saturated rings. The quantitative estimate of drug-likeness (QED) is 0.618. The maximum atomic E-state index is 13.6. The van der Waals surface area contributed by atoms with Crippen LogP contribution in [-0.2, 0) is 0 Å². The average molecular weight is 283 g/mol. The van der Waals surface area contributed by atoms with Gasteiger partial charge in [0, 0.05) is 22.6 Å². The van der Waals surface area contributed by atoms with E-state index in [1.54, 1.807) is 12.1 Å². The molecule has 2 aromatic rings. The lowest BCUT2D eigenvalue weighted by molar-refractivity contribution is 0.624. The fraction of sp³-hybridized carbons (Fsp3) is 0.111. The smallest absolute Gasteiger partial charge is 0.140 e. The van der Waals surface area contributed by atoms with Crippen LogP contribution in [0.5, 0.6) is 0 Å². The lowest BCUT2D eigenvalue weighted by Crippen LogP contribution is -1.83. The highest BCUT2D eigenvalue weighted by atomic mass is 35.5. The molecule has 0 aliphatic heterocycles. The second-order valence-corrected chi connectivity index (χ2v) is 4.54. The Hall–Kier alpha value is -2.22. The second-order valence-electron chi connectivity index (χ2n) is 4.11. The molecule has 0 saturated carbocycles. The lowest BCUT2D eigenvalue weighted by Gasteiger charge is -1.95. The second kappa shape index (κ2) is 6.80. The molecule has 0 spiro atoms. The van der Waals surface area contributed by atoms with Gasteiger partial charge in [-0.2, -0.15) is 0 Å². The van der Waals surface area contributed by atoms with E-state index in [4.69, 9.17) is 11.6 Å². The minimum Gasteiger partial charge on any atom is -0.206 e. The molecule has 98 valence electrons. The van der Waals surface area contributed by atoms with Crippen molar-refractivity contribution in [3.05, 3.63) is 70.0 Å². The van der Waals surface area contributed by atoms with Crippen LogP contribution in [0.25, 0.3) is 0 Å². The first-order valence-electron chi connectivity index (χ1n) is 6.25. The van der Waals surface area contributed by atoms with Gasteiger partial charge in [-0.15, -0.1) is 0 Å². The van der Waals surface area contributed by atoms with E-state index in [0.29, 0.717) is 10.6 Å². The first kappa shape index (κ1) is 14.2. The van der Waals surface area contributed by atoms with Crippen molar-refractivity contribution >= 4 is 11.6 Å². The third-order valence-corrected chi connectivity index (χ3v) is 2.80. The summed E-state index contributed by atoms with van der Waals surface area (Å²) in [5.41, 5.74) is 2.11. The first-order valence-corrected chi connectivity index (χ1v) is 6.63. The minimum absolute atomic E-state index is 0.337. The van der Waals surface area contributed by atoms with Crippen LogP contribution in [0.1, 0.15) is 30.0 Å². The first-order chi connectivity index (χ1) is 9.69. The highest BCUT2D eigenvalue weighted by molar-refractivity contribution is 6.30. The SMILES string of the molecule is CCC#Cc1ccc(C#Cc2ccc(Cl)cc2F)cc1. The van der Waals surface area contributed by atoms with Gasteiger partial charge >= 0.3 is 0 Å². The molecule has 0 radical (unpaired) electrons. The summed E-state index contributed by atoms with van der Waals surface area (Å²) < 4.78 is 13.6. The van der Waals surface area contributed by atoms with Crippen molar-refractivity contribution in [1.82, 2.24) is 0 Å². The van der Waals surface area contributed by atoms with Crippen molar-refractivity contribution in [3.8, 4) is 23.7 Å². The van der Waals surface area contributed by atoms with Crippen molar-refractivity contribution in [3.63, 3.8) is 0 Å². The molecule has 2 rings (SSSR count). The summed E-state index contributed by atoms with van der Waals surface area (Å²) in [4.78, 5) is 0. The van der Waals surface area contributed by atoms with Crippen LogP contribution in [0.3, 0.4) is 0 Å². The van der Waals surface area contributed by atoms with Gasteiger partial charge in [0.2, 0.25) is 0 Å². The highest BCUT2D eigenvalue weighted by Crippen LogP contribution is 2.13. The van der Waals surface area contributed by atoms with Gasteiger partial charge in [-0.3, -0.25) is 0 Å². The highest BCUT2D eigenvalue weighted by Gasteiger charge is 1.99. The molecule has 0 nitrogen and oxygen atoms in total. The molecule has 20 heavy (non-hydrogen) atoms. The number of benzene rings is 2. The third-order valence-electron chi connectivity index (χ3n) is 2.57. The maximum Gasteiger partial charge on any atom is 0.140 e. The molecule has 0 unspecified atom stereocenters. The summed E-state index contributed by atoms with van der Waals surface area (Å²) in [6.07, 6.45) is 0.831. The summed E-state index contributed by atoms with van der Waals surface area (Å²) in [6.45, 7) is 2.01. The zero-order valence-corrected chi connectivity index (χ0v) is 11.8. The molecule has 0 atom stereocenters. The van der Waals surface area contributed by atoms with Crippen LogP contribution < -0.4 is 0 Å². The number of rotatable bonds is 0. The van der Waals surface area contributed by atoms with Gasteiger partial charge < -0.3 is 0 Å². The third kappa shape index (κ3) is 3.89. The Morgan fingerprint density at radius 3 is 2.20 bits per heavy atom. The zero-order valence-electron chi connectivity index (χ0n) is 11.0. The predicted octanol–water partition coefficient (Wildman–Crippen LogP) is 4.64. The minimum atomic E-state index is -0.407. The standard InChI is InChI=1S/C18H12ClF/c1-2-3-4-14-5-7-15(8-6-14)9-10-16-11-12-17(19)13-18(16)20/h5-8,11-13H,2H2,1H3. The largest absolute Gasteiger partial charge is 0.206 e. The lowest BCUT2D eigenvalue weighted by atomic mass is 10.1. The summed E-state index contributed by atoms with van der Waals surface area (Å²) in [7, 11) is 0. The molecular formula is C18H12ClF. The molecule has 0 amide bonds. The van der Waals surface area contributed by atoms with Crippen LogP contribution >= 0.6 is 11.6 Å². The molecule has 0 bridgehead atoms. The van der Waals surface area contributed by atoms with Gasteiger partial charge in [0.05, 0.1) is 5.56 Å². The Labute approximate surface area is 123 Å². The van der Waals surface area contributed by atoms with E-state index in [1.807, 2.05) is 31.2 Å². The summed E-state index contributed by atoms with van der Waals surface area (Å²) in [5.74, 6) is 11.4. The van der Waals surface area contributed by atoms with Crippen molar-refractivity contribution in [1.29, 1.82) is 0 Å².